The number of benzene rings is 1. The number of rotatable bonds is 4. The van der Waals surface area contributed by atoms with Crippen molar-refractivity contribution in [1.29, 1.82) is 0 Å². The quantitative estimate of drug-likeness (QED) is 0.819. The zero-order chi connectivity index (χ0) is 14.7. The molecule has 0 radical (unpaired) electrons. The Morgan fingerprint density at radius 3 is 2.71 bits per heavy atom. The van der Waals surface area contributed by atoms with E-state index < -0.39 is 0 Å². The van der Waals surface area contributed by atoms with Crippen LogP contribution in [-0.2, 0) is 14.3 Å². The van der Waals surface area contributed by atoms with Gasteiger partial charge in [-0.15, -0.1) is 0 Å². The van der Waals surface area contributed by atoms with Crippen LogP contribution in [-0.4, -0.2) is 31.3 Å². The third kappa shape index (κ3) is 3.52. The number of ether oxygens (including phenoxy) is 2. The standard InChI is InChI=1S/C15H18N2O4/c18-13-8-14(17-13)21-12-5-3-11(4-6-12)16-15(19)10-2-1-7-20-9-10/h3-6,10,14H,1-2,7-9H2,(H,16,19)(H,17,18). The third-order valence-corrected chi connectivity index (χ3v) is 3.62. The Hall–Kier alpha value is -2.08. The van der Waals surface area contributed by atoms with E-state index in [-0.39, 0.29) is 24.0 Å². The predicted octanol–water partition coefficient (Wildman–Crippen LogP) is 1.28. The average Bonchev–Trinajstić information content (AvgIpc) is 2.48. The molecule has 6 nitrogen and oxygen atoms in total. The molecule has 2 saturated heterocycles. The second-order valence-electron chi connectivity index (χ2n) is 5.31. The van der Waals surface area contributed by atoms with Crippen LogP contribution in [0.25, 0.3) is 0 Å². The molecule has 6 heteroatoms. The Bertz CT molecular complexity index is 515. The fraction of sp³-hybridized carbons (Fsp3) is 0.467. The number of hydrogen-bond acceptors (Lipinski definition) is 4. The summed E-state index contributed by atoms with van der Waals surface area (Å²) in [5.41, 5.74) is 0.732. The van der Waals surface area contributed by atoms with Gasteiger partial charge < -0.3 is 20.1 Å². The minimum atomic E-state index is -0.239. The molecular formula is C15H18N2O4. The highest BCUT2D eigenvalue weighted by atomic mass is 16.5. The maximum absolute atomic E-state index is 12.1. The van der Waals surface area contributed by atoms with Gasteiger partial charge >= 0.3 is 0 Å². The van der Waals surface area contributed by atoms with E-state index in [0.29, 0.717) is 18.8 Å². The van der Waals surface area contributed by atoms with Crippen LogP contribution in [0, 0.1) is 5.92 Å². The molecule has 2 aliphatic heterocycles. The summed E-state index contributed by atoms with van der Waals surface area (Å²) in [5, 5.41) is 5.52. The molecule has 0 saturated carbocycles. The van der Waals surface area contributed by atoms with Gasteiger partial charge in [0.25, 0.3) is 0 Å². The van der Waals surface area contributed by atoms with Crippen LogP contribution >= 0.6 is 0 Å². The van der Waals surface area contributed by atoms with Gasteiger partial charge in [-0.05, 0) is 37.1 Å². The van der Waals surface area contributed by atoms with E-state index in [1.54, 1.807) is 24.3 Å². The van der Waals surface area contributed by atoms with Crippen LogP contribution in [0.4, 0.5) is 5.69 Å². The Morgan fingerprint density at radius 1 is 1.33 bits per heavy atom. The van der Waals surface area contributed by atoms with Crippen molar-refractivity contribution in [1.82, 2.24) is 5.32 Å². The molecule has 2 aliphatic rings. The van der Waals surface area contributed by atoms with Crippen LogP contribution in [0.2, 0.25) is 0 Å². The van der Waals surface area contributed by atoms with E-state index >= 15 is 0 Å². The number of anilines is 1. The molecule has 2 unspecified atom stereocenters. The van der Waals surface area contributed by atoms with Gasteiger partial charge in [-0.2, -0.15) is 0 Å². The van der Waals surface area contributed by atoms with Crippen molar-refractivity contribution in [2.45, 2.75) is 25.5 Å². The number of carbonyl (C=O) groups is 2. The lowest BCUT2D eigenvalue weighted by Crippen LogP contribution is -2.51. The largest absolute Gasteiger partial charge is 0.470 e. The second kappa shape index (κ2) is 6.13. The van der Waals surface area contributed by atoms with Crippen LogP contribution in [0.3, 0.4) is 0 Å². The summed E-state index contributed by atoms with van der Waals surface area (Å²) < 4.78 is 10.8. The number of nitrogens with one attached hydrogen (secondary N) is 2. The van der Waals surface area contributed by atoms with Gasteiger partial charge in [0.1, 0.15) is 5.75 Å². The van der Waals surface area contributed by atoms with Gasteiger partial charge in [0.05, 0.1) is 18.9 Å². The summed E-state index contributed by atoms with van der Waals surface area (Å²) in [6.45, 7) is 1.24. The molecule has 21 heavy (non-hydrogen) atoms. The summed E-state index contributed by atoms with van der Waals surface area (Å²) in [6.07, 6.45) is 1.95. The van der Waals surface area contributed by atoms with Crippen molar-refractivity contribution < 1.29 is 19.1 Å². The van der Waals surface area contributed by atoms with E-state index in [9.17, 15) is 9.59 Å². The van der Waals surface area contributed by atoms with Crippen molar-refractivity contribution in [3.05, 3.63) is 24.3 Å². The zero-order valence-electron chi connectivity index (χ0n) is 11.6. The lowest BCUT2D eigenvalue weighted by atomic mass is 10.0. The fourth-order valence-corrected chi connectivity index (χ4v) is 2.37. The Labute approximate surface area is 122 Å². The maximum atomic E-state index is 12.1. The second-order valence-corrected chi connectivity index (χ2v) is 5.31. The van der Waals surface area contributed by atoms with Crippen LogP contribution < -0.4 is 15.4 Å². The molecule has 2 fully saturated rings. The molecule has 0 aliphatic carbocycles. The lowest BCUT2D eigenvalue weighted by molar-refractivity contribution is -0.134. The molecular weight excluding hydrogens is 272 g/mol. The number of β-lactam (4-membered cyclic amide) rings is 1. The van der Waals surface area contributed by atoms with Crippen molar-refractivity contribution in [3.63, 3.8) is 0 Å². The van der Waals surface area contributed by atoms with E-state index in [4.69, 9.17) is 9.47 Å². The molecule has 1 aromatic rings. The predicted molar refractivity (Wildman–Crippen MR) is 75.8 cm³/mol. The van der Waals surface area contributed by atoms with Crippen LogP contribution in [0.15, 0.2) is 24.3 Å². The first kappa shape index (κ1) is 13.9. The molecule has 2 atom stereocenters. The van der Waals surface area contributed by atoms with Crippen molar-refractivity contribution >= 4 is 17.5 Å². The topological polar surface area (TPSA) is 76.7 Å². The molecule has 2 heterocycles. The number of hydrogen-bond donors (Lipinski definition) is 2. The molecule has 3 rings (SSSR count). The summed E-state index contributed by atoms with van der Waals surface area (Å²) >= 11 is 0. The van der Waals surface area contributed by atoms with E-state index in [1.165, 1.54) is 0 Å². The fourth-order valence-electron chi connectivity index (χ4n) is 2.37. The van der Waals surface area contributed by atoms with Crippen molar-refractivity contribution in [2.24, 2.45) is 5.92 Å². The van der Waals surface area contributed by atoms with E-state index in [1.807, 2.05) is 0 Å². The first-order chi connectivity index (χ1) is 10.2. The van der Waals surface area contributed by atoms with Crippen LogP contribution in [0.5, 0.6) is 5.75 Å². The Kier molecular flexibility index (Phi) is 4.06. The molecule has 112 valence electrons. The summed E-state index contributed by atoms with van der Waals surface area (Å²) in [5.74, 6) is 0.590. The highest BCUT2D eigenvalue weighted by molar-refractivity contribution is 5.92. The zero-order valence-corrected chi connectivity index (χ0v) is 11.6. The maximum Gasteiger partial charge on any atom is 0.229 e. The molecule has 0 aromatic heterocycles. The van der Waals surface area contributed by atoms with E-state index in [2.05, 4.69) is 10.6 Å². The average molecular weight is 290 g/mol. The van der Waals surface area contributed by atoms with Gasteiger partial charge in [0.2, 0.25) is 11.8 Å². The minimum absolute atomic E-state index is 0.00131. The van der Waals surface area contributed by atoms with Gasteiger partial charge in [-0.3, -0.25) is 9.59 Å². The normalized spacial score (nSPS) is 24.7. The smallest absolute Gasteiger partial charge is 0.229 e. The van der Waals surface area contributed by atoms with Gasteiger partial charge in [-0.1, -0.05) is 0 Å². The molecule has 2 amide bonds. The SMILES string of the molecule is O=C1CC(Oc2ccc(NC(=O)C3CCCOC3)cc2)N1. The third-order valence-electron chi connectivity index (χ3n) is 3.62. The van der Waals surface area contributed by atoms with Gasteiger partial charge in [-0.25, -0.2) is 0 Å². The Balaban J connectivity index is 1.51. The first-order valence-electron chi connectivity index (χ1n) is 7.15. The molecule has 0 bridgehead atoms. The molecule has 2 N–H and O–H groups in total. The minimum Gasteiger partial charge on any atom is -0.470 e. The summed E-state index contributed by atoms with van der Waals surface area (Å²) in [7, 11) is 0. The van der Waals surface area contributed by atoms with Gasteiger partial charge in [0, 0.05) is 12.3 Å². The molecule has 1 aromatic carbocycles. The highest BCUT2D eigenvalue weighted by Crippen LogP contribution is 2.21. The number of carbonyl (C=O) groups excluding carboxylic acids is 2. The van der Waals surface area contributed by atoms with Gasteiger partial charge in [0.15, 0.2) is 6.23 Å². The number of amides is 2. The van der Waals surface area contributed by atoms with Crippen molar-refractivity contribution in [2.75, 3.05) is 18.5 Å². The lowest BCUT2D eigenvalue weighted by Gasteiger charge is -2.27. The Morgan fingerprint density at radius 2 is 2.10 bits per heavy atom. The van der Waals surface area contributed by atoms with Crippen LogP contribution in [0.1, 0.15) is 19.3 Å². The van der Waals surface area contributed by atoms with E-state index in [0.717, 1.165) is 25.1 Å². The van der Waals surface area contributed by atoms with Crippen molar-refractivity contribution in [3.8, 4) is 5.75 Å². The summed E-state index contributed by atoms with van der Waals surface area (Å²) in [4.78, 5) is 22.8. The monoisotopic (exact) mass is 290 g/mol. The highest BCUT2D eigenvalue weighted by Gasteiger charge is 2.26. The summed E-state index contributed by atoms with van der Waals surface area (Å²) in [6, 6.07) is 7.13. The molecule has 0 spiro atoms. The first-order valence-corrected chi connectivity index (χ1v) is 7.15.